The van der Waals surface area contributed by atoms with Crippen molar-refractivity contribution in [3.05, 3.63) is 83.4 Å². The molecule has 0 atom stereocenters. The highest BCUT2D eigenvalue weighted by molar-refractivity contribution is 6.00. The van der Waals surface area contributed by atoms with Crippen LogP contribution in [0.15, 0.2) is 72.2 Å². The quantitative estimate of drug-likeness (QED) is 0.509. The van der Waals surface area contributed by atoms with Crippen molar-refractivity contribution in [2.45, 2.75) is 45.4 Å². The summed E-state index contributed by atoms with van der Waals surface area (Å²) in [6.45, 7) is 8.10. The van der Waals surface area contributed by atoms with Crippen LogP contribution in [-0.2, 0) is 11.2 Å². The number of fused-ring (bicyclic) bond motifs is 1. The number of carbonyl (C=O) groups excluding carboxylic acids is 1. The number of hydrogen-bond donors (Lipinski definition) is 0. The molecule has 4 heterocycles. The second kappa shape index (κ2) is 11.3. The summed E-state index contributed by atoms with van der Waals surface area (Å²) in [5.74, 6) is 1.69. The molecule has 5 nitrogen and oxygen atoms in total. The highest BCUT2D eigenvalue weighted by Gasteiger charge is 2.26. The average molecular weight is 486 g/mol. The molecule has 2 saturated heterocycles. The third-order valence-corrected chi connectivity index (χ3v) is 7.85. The minimum Gasteiger partial charge on any atom is -0.496 e. The van der Waals surface area contributed by atoms with Crippen molar-refractivity contribution < 1.29 is 9.53 Å². The molecule has 4 aliphatic rings. The smallest absolute Gasteiger partial charge is 0.255 e. The summed E-state index contributed by atoms with van der Waals surface area (Å²) in [6.07, 6.45) is 21.3. The Hall–Kier alpha value is -3.05. The number of aryl methyl sites for hydroxylation is 1. The van der Waals surface area contributed by atoms with Crippen LogP contribution in [0.5, 0.6) is 5.75 Å². The molecule has 0 bridgehead atoms. The zero-order chi connectivity index (χ0) is 24.9. The van der Waals surface area contributed by atoms with Crippen LogP contribution in [0.2, 0.25) is 0 Å². The lowest BCUT2D eigenvalue weighted by atomic mass is 9.95. The number of nitrogens with zero attached hydrogens (tertiary/aromatic N) is 3. The van der Waals surface area contributed by atoms with Gasteiger partial charge in [0.15, 0.2) is 0 Å². The number of methoxy groups -OCH3 is 1. The van der Waals surface area contributed by atoms with Gasteiger partial charge < -0.3 is 14.5 Å². The van der Waals surface area contributed by atoms with Crippen LogP contribution >= 0.6 is 0 Å². The molecule has 0 N–H and O–H groups in total. The number of benzene rings is 1. The molecule has 0 spiro atoms. The summed E-state index contributed by atoms with van der Waals surface area (Å²) in [5, 5.41) is 0. The molecule has 0 unspecified atom stereocenters. The minimum atomic E-state index is -0.0146. The topological polar surface area (TPSA) is 36.0 Å². The first kappa shape index (κ1) is 24.6. The van der Waals surface area contributed by atoms with Gasteiger partial charge in [-0.1, -0.05) is 31.6 Å². The monoisotopic (exact) mass is 485 g/mol. The number of likely N-dealkylation sites (tertiary alicyclic amines) is 2. The Kier molecular flexibility index (Phi) is 7.76. The minimum absolute atomic E-state index is 0.0146. The molecule has 5 heteroatoms. The van der Waals surface area contributed by atoms with E-state index in [-0.39, 0.29) is 5.91 Å². The Labute approximate surface area is 216 Å². The van der Waals surface area contributed by atoms with Gasteiger partial charge in [-0.05, 0) is 98.2 Å². The lowest BCUT2D eigenvalue weighted by molar-refractivity contribution is -0.122. The Morgan fingerprint density at radius 3 is 2.53 bits per heavy atom. The maximum Gasteiger partial charge on any atom is 0.255 e. The number of rotatable bonds is 7. The molecule has 0 radical (unpaired) electrons. The van der Waals surface area contributed by atoms with E-state index in [2.05, 4.69) is 34.9 Å². The molecule has 1 amide bonds. The van der Waals surface area contributed by atoms with E-state index in [4.69, 9.17) is 4.74 Å². The third-order valence-electron chi connectivity index (χ3n) is 7.85. The molecule has 1 aromatic rings. The van der Waals surface area contributed by atoms with Crippen molar-refractivity contribution in [1.29, 1.82) is 0 Å². The molecule has 0 aliphatic carbocycles. The predicted octanol–water partition coefficient (Wildman–Crippen LogP) is 5.53. The van der Waals surface area contributed by atoms with Crippen molar-refractivity contribution in [2.75, 3.05) is 39.8 Å². The van der Waals surface area contributed by atoms with E-state index in [0.29, 0.717) is 0 Å². The fourth-order valence-electron chi connectivity index (χ4n) is 5.82. The SMILES string of the molecule is CCCc1cc(C2=CC(=O)N3C=C(N4CCC(CN5CCCC5)CC4)C=C/C3=C\C=C2)ccc1OC. The predicted molar refractivity (Wildman–Crippen MR) is 146 cm³/mol. The lowest BCUT2D eigenvalue weighted by Crippen LogP contribution is -2.38. The van der Waals surface area contributed by atoms with E-state index in [1.165, 1.54) is 50.9 Å². The third kappa shape index (κ3) is 5.52. The first-order chi connectivity index (χ1) is 17.6. The molecule has 5 rings (SSSR count). The number of carbonyl (C=O) groups is 1. The Balaban J connectivity index is 1.30. The number of ether oxygens (including phenoxy) is 1. The van der Waals surface area contributed by atoms with Gasteiger partial charge in [0.2, 0.25) is 0 Å². The zero-order valence-corrected chi connectivity index (χ0v) is 21.8. The molecular weight excluding hydrogens is 446 g/mol. The molecule has 4 aliphatic heterocycles. The fraction of sp³-hybridized carbons (Fsp3) is 0.452. The second-order valence-corrected chi connectivity index (χ2v) is 10.4. The maximum absolute atomic E-state index is 13.4. The van der Waals surface area contributed by atoms with E-state index >= 15 is 0 Å². The second-order valence-electron chi connectivity index (χ2n) is 10.4. The molecule has 36 heavy (non-hydrogen) atoms. The molecular formula is C31H39N3O2. The zero-order valence-electron chi connectivity index (χ0n) is 21.8. The molecule has 0 saturated carbocycles. The van der Waals surface area contributed by atoms with Gasteiger partial charge in [0.1, 0.15) is 5.75 Å². The standard InChI is InChI=1S/C31H39N3O2/c1-3-7-27-20-26(10-13-30(27)36-2)25-8-6-9-28-11-12-29(23-34(28)31(35)21-25)33-18-14-24(15-19-33)22-32-16-4-5-17-32/h6,8-13,20-21,23-24H,3-5,7,14-19,22H2,1-2H3/b8-6?,25-21?,28-9+. The number of allylic oxidation sites excluding steroid dienone is 6. The van der Waals surface area contributed by atoms with E-state index in [1.807, 2.05) is 36.6 Å². The Morgan fingerprint density at radius 2 is 1.78 bits per heavy atom. The van der Waals surface area contributed by atoms with Crippen LogP contribution in [0.25, 0.3) is 5.57 Å². The van der Waals surface area contributed by atoms with E-state index in [1.54, 1.807) is 18.1 Å². The van der Waals surface area contributed by atoms with Gasteiger partial charge in [-0.2, -0.15) is 0 Å². The van der Waals surface area contributed by atoms with E-state index in [9.17, 15) is 4.79 Å². The van der Waals surface area contributed by atoms with Crippen molar-refractivity contribution in [3.8, 4) is 5.75 Å². The number of amides is 1. The number of hydrogen-bond acceptors (Lipinski definition) is 4. The average Bonchev–Trinajstić information content (AvgIpc) is 3.41. The van der Waals surface area contributed by atoms with Gasteiger partial charge in [0, 0.05) is 37.6 Å². The van der Waals surface area contributed by atoms with Gasteiger partial charge in [0.05, 0.1) is 12.8 Å². The first-order valence-electron chi connectivity index (χ1n) is 13.6. The molecule has 190 valence electrons. The van der Waals surface area contributed by atoms with Crippen LogP contribution in [0.4, 0.5) is 0 Å². The van der Waals surface area contributed by atoms with Crippen LogP contribution in [0.3, 0.4) is 0 Å². The van der Waals surface area contributed by atoms with Gasteiger partial charge in [-0.3, -0.25) is 9.69 Å². The van der Waals surface area contributed by atoms with Gasteiger partial charge >= 0.3 is 0 Å². The van der Waals surface area contributed by atoms with Crippen LogP contribution in [0, 0.1) is 5.92 Å². The Morgan fingerprint density at radius 1 is 1.00 bits per heavy atom. The maximum atomic E-state index is 13.4. The van der Waals surface area contributed by atoms with Gasteiger partial charge in [-0.25, -0.2) is 0 Å². The van der Waals surface area contributed by atoms with Crippen molar-refractivity contribution in [1.82, 2.24) is 14.7 Å². The Bertz CT molecular complexity index is 1110. The summed E-state index contributed by atoms with van der Waals surface area (Å²) >= 11 is 0. The van der Waals surface area contributed by atoms with Gasteiger partial charge in [0.25, 0.3) is 5.91 Å². The van der Waals surface area contributed by atoms with Crippen LogP contribution < -0.4 is 4.74 Å². The summed E-state index contributed by atoms with van der Waals surface area (Å²) < 4.78 is 5.54. The first-order valence-corrected chi connectivity index (χ1v) is 13.6. The summed E-state index contributed by atoms with van der Waals surface area (Å²) in [7, 11) is 1.71. The van der Waals surface area contributed by atoms with Crippen molar-refractivity contribution in [3.63, 3.8) is 0 Å². The molecule has 2 fully saturated rings. The van der Waals surface area contributed by atoms with E-state index in [0.717, 1.165) is 60.1 Å². The normalized spacial score (nSPS) is 22.5. The number of piperidine rings is 1. The van der Waals surface area contributed by atoms with Crippen molar-refractivity contribution in [2.24, 2.45) is 5.92 Å². The van der Waals surface area contributed by atoms with Crippen LogP contribution in [-0.4, -0.2) is 60.4 Å². The molecule has 1 aromatic carbocycles. The molecule has 0 aromatic heterocycles. The largest absolute Gasteiger partial charge is 0.496 e. The van der Waals surface area contributed by atoms with Gasteiger partial charge in [-0.15, -0.1) is 0 Å². The highest BCUT2D eigenvalue weighted by Crippen LogP contribution is 2.30. The highest BCUT2D eigenvalue weighted by atomic mass is 16.5. The summed E-state index contributed by atoms with van der Waals surface area (Å²) in [4.78, 5) is 20.3. The van der Waals surface area contributed by atoms with Crippen molar-refractivity contribution >= 4 is 11.5 Å². The summed E-state index contributed by atoms with van der Waals surface area (Å²) in [5.41, 5.74) is 5.17. The lowest BCUT2D eigenvalue weighted by Gasteiger charge is -2.37. The van der Waals surface area contributed by atoms with Crippen LogP contribution in [0.1, 0.15) is 50.2 Å². The fourth-order valence-corrected chi connectivity index (χ4v) is 5.82. The van der Waals surface area contributed by atoms with E-state index < -0.39 is 0 Å². The summed E-state index contributed by atoms with van der Waals surface area (Å²) in [6, 6.07) is 6.20.